The maximum absolute atomic E-state index is 14.1. The Labute approximate surface area is 126 Å². The zero-order valence-electron chi connectivity index (χ0n) is 11.8. The lowest BCUT2D eigenvalue weighted by Gasteiger charge is -2.24. The molecule has 108 valence electrons. The minimum Gasteiger partial charge on any atom is -0.466 e. The minimum atomic E-state index is -0.232. The maximum atomic E-state index is 14.1. The Morgan fingerprint density at radius 2 is 2.10 bits per heavy atom. The summed E-state index contributed by atoms with van der Waals surface area (Å²) in [7, 11) is 1.89. The normalized spacial score (nSPS) is 10.9. The van der Waals surface area contributed by atoms with E-state index in [1.165, 1.54) is 6.07 Å². The van der Waals surface area contributed by atoms with Crippen LogP contribution < -0.4 is 10.2 Å². The van der Waals surface area contributed by atoms with E-state index < -0.39 is 0 Å². The zero-order valence-corrected chi connectivity index (χ0v) is 13.4. The summed E-state index contributed by atoms with van der Waals surface area (Å²) >= 11 is 3.39. The highest BCUT2D eigenvalue weighted by molar-refractivity contribution is 9.10. The quantitative estimate of drug-likeness (QED) is 0.859. The fourth-order valence-corrected chi connectivity index (χ4v) is 2.16. The van der Waals surface area contributed by atoms with Crippen molar-refractivity contribution in [2.45, 2.75) is 26.4 Å². The number of furan rings is 1. The molecule has 0 radical (unpaired) electrons. The monoisotopic (exact) mass is 340 g/mol. The summed E-state index contributed by atoms with van der Waals surface area (Å²) in [6.45, 7) is 4.56. The van der Waals surface area contributed by atoms with Crippen LogP contribution in [-0.2, 0) is 6.54 Å². The van der Waals surface area contributed by atoms with Crippen LogP contribution in [0.3, 0.4) is 0 Å². The van der Waals surface area contributed by atoms with Crippen molar-refractivity contribution in [3.8, 4) is 0 Å². The zero-order chi connectivity index (χ0) is 14.7. The molecule has 2 aromatic rings. The predicted molar refractivity (Wildman–Crippen MR) is 83.7 cm³/mol. The van der Waals surface area contributed by atoms with Gasteiger partial charge in [-0.15, -0.1) is 0 Å². The van der Waals surface area contributed by atoms with E-state index in [4.69, 9.17) is 4.42 Å². The highest BCUT2D eigenvalue weighted by Gasteiger charge is 2.11. The van der Waals surface area contributed by atoms with Gasteiger partial charge in [0.15, 0.2) is 0 Å². The number of benzene rings is 1. The van der Waals surface area contributed by atoms with Crippen molar-refractivity contribution in [3.63, 3.8) is 0 Å². The van der Waals surface area contributed by atoms with Gasteiger partial charge in [-0.25, -0.2) is 4.39 Å². The van der Waals surface area contributed by atoms with Gasteiger partial charge in [-0.3, -0.25) is 0 Å². The molecule has 0 aliphatic carbocycles. The van der Waals surface area contributed by atoms with E-state index >= 15 is 0 Å². The van der Waals surface area contributed by atoms with Crippen LogP contribution in [0, 0.1) is 5.82 Å². The molecule has 20 heavy (non-hydrogen) atoms. The largest absolute Gasteiger partial charge is 0.466 e. The van der Waals surface area contributed by atoms with Gasteiger partial charge in [-0.2, -0.15) is 0 Å². The Balaban J connectivity index is 2.07. The molecule has 0 amide bonds. The fraction of sp³-hybridized carbons (Fsp3) is 0.333. The molecular formula is C15H18BrFN2O. The van der Waals surface area contributed by atoms with Gasteiger partial charge in [0.2, 0.25) is 0 Å². The lowest BCUT2D eigenvalue weighted by molar-refractivity contribution is 0.516. The van der Waals surface area contributed by atoms with Crippen LogP contribution in [0.25, 0.3) is 0 Å². The Morgan fingerprint density at radius 1 is 1.35 bits per heavy atom. The molecule has 0 unspecified atom stereocenters. The first-order valence-electron chi connectivity index (χ1n) is 6.47. The van der Waals surface area contributed by atoms with E-state index in [0.717, 1.165) is 15.9 Å². The second-order valence-electron chi connectivity index (χ2n) is 4.92. The number of halogens is 2. The predicted octanol–water partition coefficient (Wildman–Crippen LogP) is 4.64. The molecule has 0 atom stereocenters. The Hall–Kier alpha value is -1.49. The van der Waals surface area contributed by atoms with Gasteiger partial charge in [-0.05, 0) is 54.0 Å². The topological polar surface area (TPSA) is 28.4 Å². The smallest absolute Gasteiger partial charge is 0.148 e. The van der Waals surface area contributed by atoms with Crippen molar-refractivity contribution in [2.24, 2.45) is 0 Å². The van der Waals surface area contributed by atoms with Gasteiger partial charge >= 0.3 is 0 Å². The van der Waals surface area contributed by atoms with Crippen molar-refractivity contribution in [2.75, 3.05) is 17.3 Å². The van der Waals surface area contributed by atoms with Crippen molar-refractivity contribution in [1.82, 2.24) is 0 Å². The van der Waals surface area contributed by atoms with E-state index in [2.05, 4.69) is 21.2 Å². The Morgan fingerprint density at radius 3 is 2.65 bits per heavy atom. The average Bonchev–Trinajstić information content (AvgIpc) is 2.81. The third-order valence-corrected chi connectivity index (χ3v) is 3.95. The first-order chi connectivity index (χ1) is 9.49. The minimum absolute atomic E-state index is 0.232. The number of rotatable bonds is 5. The van der Waals surface area contributed by atoms with Crippen LogP contribution in [0.15, 0.2) is 39.4 Å². The van der Waals surface area contributed by atoms with Crippen LogP contribution in [0.4, 0.5) is 15.8 Å². The molecule has 1 aromatic heterocycles. The van der Waals surface area contributed by atoms with Crippen molar-refractivity contribution >= 4 is 27.3 Å². The highest BCUT2D eigenvalue weighted by Crippen LogP contribution is 2.24. The fourth-order valence-electron chi connectivity index (χ4n) is 1.81. The SMILES string of the molecule is CC(C)N(C)c1ccc(NCc2occc2Br)cc1F. The third-order valence-electron chi connectivity index (χ3n) is 3.25. The van der Waals surface area contributed by atoms with E-state index in [0.29, 0.717) is 12.2 Å². The van der Waals surface area contributed by atoms with Crippen molar-refractivity contribution in [1.29, 1.82) is 0 Å². The molecule has 0 bridgehead atoms. The van der Waals surface area contributed by atoms with E-state index in [1.807, 2.05) is 37.9 Å². The molecule has 0 aliphatic heterocycles. The second-order valence-corrected chi connectivity index (χ2v) is 5.77. The molecule has 1 aromatic carbocycles. The molecule has 0 fully saturated rings. The molecular weight excluding hydrogens is 323 g/mol. The lowest BCUT2D eigenvalue weighted by Crippen LogP contribution is -2.26. The first-order valence-corrected chi connectivity index (χ1v) is 7.26. The molecule has 2 rings (SSSR count). The molecule has 1 heterocycles. The van der Waals surface area contributed by atoms with Crippen molar-refractivity contribution < 1.29 is 8.81 Å². The summed E-state index contributed by atoms with van der Waals surface area (Å²) in [5, 5.41) is 3.14. The highest BCUT2D eigenvalue weighted by atomic mass is 79.9. The summed E-state index contributed by atoms with van der Waals surface area (Å²) in [5.41, 5.74) is 1.33. The van der Waals surface area contributed by atoms with Crippen LogP contribution in [0.2, 0.25) is 0 Å². The number of hydrogen-bond donors (Lipinski definition) is 1. The number of anilines is 2. The standard InChI is InChI=1S/C15H18BrFN2O/c1-10(2)19(3)14-5-4-11(8-13(14)17)18-9-15-12(16)6-7-20-15/h4-8,10,18H,9H2,1-3H3. The van der Waals surface area contributed by atoms with Gasteiger partial charge in [0.25, 0.3) is 0 Å². The summed E-state index contributed by atoms with van der Waals surface area (Å²) in [5.74, 6) is 0.554. The number of nitrogens with one attached hydrogen (secondary N) is 1. The molecule has 3 nitrogen and oxygen atoms in total. The maximum Gasteiger partial charge on any atom is 0.148 e. The van der Waals surface area contributed by atoms with Gasteiger partial charge in [-0.1, -0.05) is 0 Å². The van der Waals surface area contributed by atoms with Gasteiger partial charge in [0.1, 0.15) is 11.6 Å². The summed E-state index contributed by atoms with van der Waals surface area (Å²) in [6.07, 6.45) is 1.61. The molecule has 1 N–H and O–H groups in total. The first kappa shape index (κ1) is 14.9. The molecule has 5 heteroatoms. The van der Waals surface area contributed by atoms with Gasteiger partial charge in [0.05, 0.1) is 23.0 Å². The average molecular weight is 341 g/mol. The summed E-state index contributed by atoms with van der Waals surface area (Å²) in [6, 6.07) is 7.24. The van der Waals surface area contributed by atoms with Crippen LogP contribution in [-0.4, -0.2) is 13.1 Å². The van der Waals surface area contributed by atoms with Gasteiger partial charge < -0.3 is 14.6 Å². The third kappa shape index (κ3) is 3.33. The van der Waals surface area contributed by atoms with E-state index in [-0.39, 0.29) is 11.9 Å². The number of nitrogens with zero attached hydrogens (tertiary/aromatic N) is 1. The van der Waals surface area contributed by atoms with Crippen LogP contribution >= 0.6 is 15.9 Å². The van der Waals surface area contributed by atoms with E-state index in [1.54, 1.807) is 12.3 Å². The summed E-state index contributed by atoms with van der Waals surface area (Å²) < 4.78 is 20.3. The number of hydrogen-bond acceptors (Lipinski definition) is 3. The molecule has 0 spiro atoms. The Kier molecular flexibility index (Phi) is 4.70. The summed E-state index contributed by atoms with van der Waals surface area (Å²) in [4.78, 5) is 1.90. The molecule has 0 saturated carbocycles. The van der Waals surface area contributed by atoms with Gasteiger partial charge in [0, 0.05) is 18.8 Å². The van der Waals surface area contributed by atoms with Crippen molar-refractivity contribution in [3.05, 3.63) is 46.6 Å². The second kappa shape index (κ2) is 6.31. The lowest BCUT2D eigenvalue weighted by atomic mass is 10.2. The molecule has 0 saturated heterocycles. The van der Waals surface area contributed by atoms with E-state index in [9.17, 15) is 4.39 Å². The molecule has 0 aliphatic rings. The van der Waals surface area contributed by atoms with Crippen LogP contribution in [0.5, 0.6) is 0 Å². The van der Waals surface area contributed by atoms with Crippen LogP contribution in [0.1, 0.15) is 19.6 Å². The Bertz CT molecular complexity index is 583.